The van der Waals surface area contributed by atoms with Crippen LogP contribution < -0.4 is 0 Å². The zero-order valence-electron chi connectivity index (χ0n) is 12.2. The standard InChI is InChI=1S/C15H23N3O2/c1-12(14-6-3-4-8-16-14)17(2)10-13(19)11-18-9-5-7-15(18)20/h3-4,6,8,12-13,19H,5,7,9-11H2,1-2H3. The normalized spacial score (nSPS) is 18.6. The van der Waals surface area contributed by atoms with Crippen LogP contribution in [0.2, 0.25) is 0 Å². The minimum atomic E-state index is -0.520. The zero-order chi connectivity index (χ0) is 14.5. The van der Waals surface area contributed by atoms with Crippen LogP contribution in [0.4, 0.5) is 0 Å². The summed E-state index contributed by atoms with van der Waals surface area (Å²) in [6.45, 7) is 3.80. The van der Waals surface area contributed by atoms with E-state index in [0.717, 1.165) is 18.7 Å². The number of likely N-dealkylation sites (tertiary alicyclic amines) is 1. The van der Waals surface area contributed by atoms with Crippen molar-refractivity contribution in [3.05, 3.63) is 30.1 Å². The van der Waals surface area contributed by atoms with Crippen molar-refractivity contribution < 1.29 is 9.90 Å². The number of amides is 1. The van der Waals surface area contributed by atoms with Crippen LogP contribution >= 0.6 is 0 Å². The maximum atomic E-state index is 11.5. The van der Waals surface area contributed by atoms with Crippen LogP contribution in [0.25, 0.3) is 0 Å². The number of rotatable bonds is 6. The molecule has 0 spiro atoms. The fourth-order valence-electron chi connectivity index (χ4n) is 2.55. The number of aliphatic hydroxyl groups excluding tert-OH is 1. The van der Waals surface area contributed by atoms with Gasteiger partial charge in [-0.1, -0.05) is 6.07 Å². The largest absolute Gasteiger partial charge is 0.390 e. The van der Waals surface area contributed by atoms with Gasteiger partial charge in [-0.2, -0.15) is 0 Å². The Morgan fingerprint density at radius 1 is 1.50 bits per heavy atom. The summed E-state index contributed by atoms with van der Waals surface area (Å²) in [5, 5.41) is 10.1. The van der Waals surface area contributed by atoms with Crippen molar-refractivity contribution >= 4 is 5.91 Å². The van der Waals surface area contributed by atoms with E-state index >= 15 is 0 Å². The number of hydrogen-bond acceptors (Lipinski definition) is 4. The molecular weight excluding hydrogens is 254 g/mol. The predicted molar refractivity (Wildman–Crippen MR) is 77.1 cm³/mol. The molecule has 1 aliphatic rings. The lowest BCUT2D eigenvalue weighted by molar-refractivity contribution is -0.129. The van der Waals surface area contributed by atoms with Gasteiger partial charge in [-0.05, 0) is 32.5 Å². The first-order valence-electron chi connectivity index (χ1n) is 7.15. The van der Waals surface area contributed by atoms with Gasteiger partial charge in [0.25, 0.3) is 0 Å². The van der Waals surface area contributed by atoms with Crippen LogP contribution in [0.5, 0.6) is 0 Å². The first-order valence-corrected chi connectivity index (χ1v) is 7.15. The lowest BCUT2D eigenvalue weighted by atomic mass is 10.1. The van der Waals surface area contributed by atoms with Crippen LogP contribution in [0.3, 0.4) is 0 Å². The highest BCUT2D eigenvalue weighted by Crippen LogP contribution is 2.16. The molecule has 110 valence electrons. The number of β-amino-alcohol motifs (C(OH)–C–C–N with tert-alkyl or cyclic N) is 1. The summed E-state index contributed by atoms with van der Waals surface area (Å²) < 4.78 is 0. The zero-order valence-corrected chi connectivity index (χ0v) is 12.2. The number of pyridine rings is 1. The van der Waals surface area contributed by atoms with Gasteiger partial charge in [0.15, 0.2) is 0 Å². The second-order valence-corrected chi connectivity index (χ2v) is 5.47. The Morgan fingerprint density at radius 3 is 2.90 bits per heavy atom. The number of aliphatic hydroxyl groups is 1. The molecule has 1 amide bonds. The summed E-state index contributed by atoms with van der Waals surface area (Å²) in [6.07, 6.45) is 2.78. The SMILES string of the molecule is CC(c1ccccn1)N(C)CC(O)CN1CCCC1=O. The Labute approximate surface area is 120 Å². The molecule has 1 saturated heterocycles. The van der Waals surface area contributed by atoms with E-state index in [1.54, 1.807) is 11.1 Å². The van der Waals surface area contributed by atoms with Crippen LogP contribution in [-0.4, -0.2) is 58.6 Å². The lowest BCUT2D eigenvalue weighted by Gasteiger charge is -2.28. The maximum Gasteiger partial charge on any atom is 0.222 e. The van der Waals surface area contributed by atoms with E-state index in [0.29, 0.717) is 19.5 Å². The highest BCUT2D eigenvalue weighted by molar-refractivity contribution is 5.78. The molecule has 20 heavy (non-hydrogen) atoms. The third-order valence-corrected chi connectivity index (χ3v) is 3.88. The van der Waals surface area contributed by atoms with Gasteiger partial charge < -0.3 is 10.0 Å². The molecule has 5 nitrogen and oxygen atoms in total. The van der Waals surface area contributed by atoms with Gasteiger partial charge in [-0.15, -0.1) is 0 Å². The number of hydrogen-bond donors (Lipinski definition) is 1. The molecule has 2 unspecified atom stereocenters. The fourth-order valence-corrected chi connectivity index (χ4v) is 2.55. The van der Waals surface area contributed by atoms with Crippen molar-refractivity contribution in [1.29, 1.82) is 0 Å². The summed E-state index contributed by atoms with van der Waals surface area (Å²) >= 11 is 0. The van der Waals surface area contributed by atoms with Gasteiger partial charge >= 0.3 is 0 Å². The van der Waals surface area contributed by atoms with Crippen molar-refractivity contribution in [3.63, 3.8) is 0 Å². The van der Waals surface area contributed by atoms with E-state index < -0.39 is 6.10 Å². The molecule has 0 bridgehead atoms. The molecule has 1 aromatic rings. The Morgan fingerprint density at radius 2 is 2.30 bits per heavy atom. The van der Waals surface area contributed by atoms with E-state index in [1.807, 2.05) is 25.2 Å². The molecule has 5 heteroatoms. The van der Waals surface area contributed by atoms with E-state index in [2.05, 4.69) is 16.8 Å². The molecule has 0 aliphatic carbocycles. The number of carbonyl (C=O) groups is 1. The monoisotopic (exact) mass is 277 g/mol. The Bertz CT molecular complexity index is 438. The van der Waals surface area contributed by atoms with Gasteiger partial charge in [0.05, 0.1) is 11.8 Å². The average Bonchev–Trinajstić information content (AvgIpc) is 2.84. The van der Waals surface area contributed by atoms with Crippen molar-refractivity contribution in [2.45, 2.75) is 31.9 Å². The van der Waals surface area contributed by atoms with Crippen LogP contribution in [0.15, 0.2) is 24.4 Å². The van der Waals surface area contributed by atoms with Crippen molar-refractivity contribution in [2.75, 3.05) is 26.7 Å². The molecule has 1 aliphatic heterocycles. The number of likely N-dealkylation sites (N-methyl/N-ethyl adjacent to an activating group) is 1. The van der Waals surface area contributed by atoms with Crippen molar-refractivity contribution in [1.82, 2.24) is 14.8 Å². The summed E-state index contributed by atoms with van der Waals surface area (Å²) in [5.74, 6) is 0.157. The molecule has 1 fully saturated rings. The van der Waals surface area contributed by atoms with Gasteiger partial charge in [0.2, 0.25) is 5.91 Å². The van der Waals surface area contributed by atoms with Crippen LogP contribution in [0.1, 0.15) is 31.5 Å². The van der Waals surface area contributed by atoms with E-state index in [-0.39, 0.29) is 11.9 Å². The minimum Gasteiger partial charge on any atom is -0.390 e. The second-order valence-electron chi connectivity index (χ2n) is 5.47. The highest BCUT2D eigenvalue weighted by Gasteiger charge is 2.24. The van der Waals surface area contributed by atoms with Crippen molar-refractivity contribution in [2.24, 2.45) is 0 Å². The molecule has 2 heterocycles. The number of aromatic nitrogens is 1. The molecule has 0 radical (unpaired) electrons. The molecule has 0 aromatic carbocycles. The van der Waals surface area contributed by atoms with E-state index in [9.17, 15) is 9.90 Å². The van der Waals surface area contributed by atoms with E-state index in [4.69, 9.17) is 0 Å². The summed E-state index contributed by atoms with van der Waals surface area (Å²) in [4.78, 5) is 19.7. The fraction of sp³-hybridized carbons (Fsp3) is 0.600. The molecular formula is C15H23N3O2. The molecule has 2 atom stereocenters. The molecule has 2 rings (SSSR count). The Balaban J connectivity index is 1.84. The minimum absolute atomic E-state index is 0.139. The van der Waals surface area contributed by atoms with Gasteiger partial charge in [0, 0.05) is 38.3 Å². The molecule has 0 saturated carbocycles. The van der Waals surface area contributed by atoms with Gasteiger partial charge in [-0.3, -0.25) is 14.7 Å². The predicted octanol–water partition coefficient (Wildman–Crippen LogP) is 1.06. The van der Waals surface area contributed by atoms with Crippen LogP contribution in [0, 0.1) is 0 Å². The number of nitrogens with zero attached hydrogens (tertiary/aromatic N) is 3. The summed E-state index contributed by atoms with van der Waals surface area (Å²) in [5.41, 5.74) is 0.986. The first-order chi connectivity index (χ1) is 9.58. The third-order valence-electron chi connectivity index (χ3n) is 3.88. The van der Waals surface area contributed by atoms with Gasteiger partial charge in [0.1, 0.15) is 0 Å². The Hall–Kier alpha value is -1.46. The second kappa shape index (κ2) is 6.81. The molecule has 1 N–H and O–H groups in total. The van der Waals surface area contributed by atoms with Crippen LogP contribution in [-0.2, 0) is 4.79 Å². The summed E-state index contributed by atoms with van der Waals surface area (Å²) in [7, 11) is 1.97. The maximum absolute atomic E-state index is 11.5. The highest BCUT2D eigenvalue weighted by atomic mass is 16.3. The lowest BCUT2D eigenvalue weighted by Crippen LogP contribution is -2.40. The smallest absolute Gasteiger partial charge is 0.222 e. The van der Waals surface area contributed by atoms with Gasteiger partial charge in [-0.25, -0.2) is 0 Å². The van der Waals surface area contributed by atoms with E-state index in [1.165, 1.54) is 0 Å². The average molecular weight is 277 g/mol. The molecule has 1 aromatic heterocycles. The number of carbonyl (C=O) groups excluding carboxylic acids is 1. The summed E-state index contributed by atoms with van der Waals surface area (Å²) in [6, 6.07) is 5.98. The first kappa shape index (κ1) is 14.9. The quantitative estimate of drug-likeness (QED) is 0.844. The topological polar surface area (TPSA) is 56.7 Å². The van der Waals surface area contributed by atoms with Crippen molar-refractivity contribution in [3.8, 4) is 0 Å². The third kappa shape index (κ3) is 3.77. The Kier molecular flexibility index (Phi) is 5.09.